The van der Waals surface area contributed by atoms with Gasteiger partial charge in [0.15, 0.2) is 0 Å². The monoisotopic (exact) mass is 399 g/mol. The Morgan fingerprint density at radius 2 is 1.50 bits per heavy atom. The normalized spacial score (nSPS) is 16.8. The largest absolute Gasteiger partial charge is 0.478 e. The van der Waals surface area contributed by atoms with Crippen molar-refractivity contribution in [3.05, 3.63) is 53.1 Å². The quantitative estimate of drug-likeness (QED) is 0.801. The van der Waals surface area contributed by atoms with E-state index in [9.17, 15) is 14.7 Å². The van der Waals surface area contributed by atoms with Gasteiger partial charge in [0, 0.05) is 48.5 Å². The van der Waals surface area contributed by atoms with Gasteiger partial charge in [0.2, 0.25) is 5.91 Å². The zero-order valence-electron chi connectivity index (χ0n) is 15.4. The van der Waals surface area contributed by atoms with Crippen LogP contribution >= 0.6 is 11.6 Å². The summed E-state index contributed by atoms with van der Waals surface area (Å²) in [6, 6.07) is 13.0. The minimum Gasteiger partial charge on any atom is -0.478 e. The molecule has 2 aromatic rings. The molecule has 0 radical (unpaired) electrons. The number of piperazine rings is 1. The van der Waals surface area contributed by atoms with Crippen LogP contribution < -0.4 is 15.1 Å². The molecule has 0 unspecified atom stereocenters. The maximum absolute atomic E-state index is 12.0. The summed E-state index contributed by atoms with van der Waals surface area (Å²) in [5.41, 5.74) is 2.49. The summed E-state index contributed by atoms with van der Waals surface area (Å²) >= 11 is 5.96. The molecule has 1 amide bonds. The van der Waals surface area contributed by atoms with Gasteiger partial charge in [0.25, 0.3) is 0 Å². The molecule has 1 heterocycles. The lowest BCUT2D eigenvalue weighted by atomic mass is 10.1. The second kappa shape index (κ2) is 7.72. The van der Waals surface area contributed by atoms with E-state index in [0.29, 0.717) is 5.69 Å². The van der Waals surface area contributed by atoms with Crippen molar-refractivity contribution in [3.63, 3.8) is 0 Å². The van der Waals surface area contributed by atoms with Crippen molar-refractivity contribution in [2.75, 3.05) is 41.3 Å². The standard InChI is InChI=1S/C21H22ClN3O3/c22-15-3-5-16(6-4-15)24-9-11-25(12-10-24)17-7-8-19(18(13-17)21(27)28)23-20(26)14-1-2-14/h3-8,13-14H,1-2,9-12H2,(H,23,26)(H,27,28). The highest BCUT2D eigenvalue weighted by Crippen LogP contribution is 2.32. The van der Waals surface area contributed by atoms with Gasteiger partial charge >= 0.3 is 5.97 Å². The second-order valence-electron chi connectivity index (χ2n) is 7.25. The Hall–Kier alpha value is -2.73. The molecule has 2 N–H and O–H groups in total. The Bertz CT molecular complexity index is 888. The number of carbonyl (C=O) groups is 2. The van der Waals surface area contributed by atoms with E-state index in [1.165, 1.54) is 0 Å². The fourth-order valence-electron chi connectivity index (χ4n) is 3.47. The number of nitrogens with one attached hydrogen (secondary N) is 1. The minimum atomic E-state index is -1.03. The Balaban J connectivity index is 1.45. The fraction of sp³-hybridized carbons (Fsp3) is 0.333. The van der Waals surface area contributed by atoms with E-state index in [0.717, 1.165) is 55.4 Å². The number of hydrogen-bond acceptors (Lipinski definition) is 4. The molecule has 0 aromatic heterocycles. The zero-order chi connectivity index (χ0) is 19.7. The van der Waals surface area contributed by atoms with Crippen molar-refractivity contribution in [1.82, 2.24) is 0 Å². The summed E-state index contributed by atoms with van der Waals surface area (Å²) in [5, 5.41) is 13.1. The van der Waals surface area contributed by atoms with E-state index < -0.39 is 5.97 Å². The predicted octanol–water partition coefficient (Wildman–Crippen LogP) is 3.71. The first-order chi connectivity index (χ1) is 13.5. The van der Waals surface area contributed by atoms with Crippen molar-refractivity contribution < 1.29 is 14.7 Å². The summed E-state index contributed by atoms with van der Waals surface area (Å²) < 4.78 is 0. The zero-order valence-corrected chi connectivity index (χ0v) is 16.2. The number of carboxylic acids is 1. The molecular weight excluding hydrogens is 378 g/mol. The number of anilines is 3. The molecule has 28 heavy (non-hydrogen) atoms. The fourth-order valence-corrected chi connectivity index (χ4v) is 3.60. The third-order valence-electron chi connectivity index (χ3n) is 5.28. The Morgan fingerprint density at radius 1 is 0.929 bits per heavy atom. The minimum absolute atomic E-state index is 0.0299. The number of aromatic carboxylic acids is 1. The number of carbonyl (C=O) groups excluding carboxylic acids is 1. The average molecular weight is 400 g/mol. The molecule has 2 aliphatic rings. The average Bonchev–Trinajstić information content (AvgIpc) is 3.54. The SMILES string of the molecule is O=C(O)c1cc(N2CCN(c3ccc(Cl)cc3)CC2)ccc1NC(=O)C1CC1. The van der Waals surface area contributed by atoms with Crippen molar-refractivity contribution in [2.24, 2.45) is 5.92 Å². The van der Waals surface area contributed by atoms with Crippen molar-refractivity contribution in [2.45, 2.75) is 12.8 Å². The van der Waals surface area contributed by atoms with Crippen LogP contribution in [0.4, 0.5) is 17.1 Å². The van der Waals surface area contributed by atoms with Crippen molar-refractivity contribution in [3.8, 4) is 0 Å². The maximum Gasteiger partial charge on any atom is 0.337 e. The molecule has 1 saturated carbocycles. The molecule has 7 heteroatoms. The van der Waals surface area contributed by atoms with Crippen LogP contribution in [-0.4, -0.2) is 43.2 Å². The van der Waals surface area contributed by atoms with Crippen LogP contribution in [-0.2, 0) is 4.79 Å². The van der Waals surface area contributed by atoms with E-state index >= 15 is 0 Å². The number of rotatable bonds is 5. The molecule has 4 rings (SSSR count). The molecular formula is C21H22ClN3O3. The van der Waals surface area contributed by atoms with Gasteiger partial charge in [-0.3, -0.25) is 4.79 Å². The van der Waals surface area contributed by atoms with Crippen molar-refractivity contribution >= 4 is 40.5 Å². The molecule has 1 aliphatic heterocycles. The van der Waals surface area contributed by atoms with Crippen LogP contribution in [0.1, 0.15) is 23.2 Å². The highest BCUT2D eigenvalue weighted by atomic mass is 35.5. The number of halogens is 1. The van der Waals surface area contributed by atoms with Gasteiger partial charge in [-0.2, -0.15) is 0 Å². The van der Waals surface area contributed by atoms with Crippen molar-refractivity contribution in [1.29, 1.82) is 0 Å². The third-order valence-corrected chi connectivity index (χ3v) is 5.53. The number of hydrogen-bond donors (Lipinski definition) is 2. The lowest BCUT2D eigenvalue weighted by Crippen LogP contribution is -2.46. The molecule has 1 aliphatic carbocycles. The molecule has 2 aromatic carbocycles. The first-order valence-electron chi connectivity index (χ1n) is 9.45. The van der Waals surface area contributed by atoms with E-state index in [1.807, 2.05) is 30.3 Å². The first-order valence-corrected chi connectivity index (χ1v) is 9.83. The van der Waals surface area contributed by atoms with E-state index in [-0.39, 0.29) is 17.4 Å². The van der Waals surface area contributed by atoms with E-state index in [1.54, 1.807) is 12.1 Å². The van der Waals surface area contributed by atoms with Gasteiger partial charge in [0.1, 0.15) is 0 Å². The first kappa shape index (κ1) is 18.6. The highest BCUT2D eigenvalue weighted by molar-refractivity contribution is 6.30. The number of nitrogens with zero attached hydrogens (tertiary/aromatic N) is 2. The Kier molecular flexibility index (Phi) is 5.13. The second-order valence-corrected chi connectivity index (χ2v) is 7.69. The molecule has 0 atom stereocenters. The van der Waals surface area contributed by atoms with Crippen LogP contribution in [0.15, 0.2) is 42.5 Å². The van der Waals surface area contributed by atoms with Crippen LogP contribution in [0, 0.1) is 5.92 Å². The van der Waals surface area contributed by atoms with Gasteiger partial charge < -0.3 is 20.2 Å². The van der Waals surface area contributed by atoms with Gasteiger partial charge in [-0.15, -0.1) is 0 Å². The van der Waals surface area contributed by atoms with Crippen LogP contribution in [0.25, 0.3) is 0 Å². The molecule has 6 nitrogen and oxygen atoms in total. The van der Waals surface area contributed by atoms with E-state index in [2.05, 4.69) is 15.1 Å². The van der Waals surface area contributed by atoms with Crippen LogP contribution in [0.2, 0.25) is 5.02 Å². The number of amides is 1. The van der Waals surface area contributed by atoms with Gasteiger partial charge in [0.05, 0.1) is 11.3 Å². The maximum atomic E-state index is 12.0. The molecule has 0 spiro atoms. The highest BCUT2D eigenvalue weighted by Gasteiger charge is 2.30. The van der Waals surface area contributed by atoms with Gasteiger partial charge in [-0.25, -0.2) is 4.79 Å². The lowest BCUT2D eigenvalue weighted by molar-refractivity contribution is -0.117. The number of carboxylic acid groups (broad SMARTS) is 1. The third kappa shape index (κ3) is 4.07. The van der Waals surface area contributed by atoms with Crippen LogP contribution in [0.5, 0.6) is 0 Å². The molecule has 2 fully saturated rings. The molecule has 146 valence electrons. The van der Waals surface area contributed by atoms with E-state index in [4.69, 9.17) is 11.6 Å². The number of benzene rings is 2. The lowest BCUT2D eigenvalue weighted by Gasteiger charge is -2.37. The summed E-state index contributed by atoms with van der Waals surface area (Å²) in [4.78, 5) is 28.2. The Morgan fingerprint density at radius 3 is 2.07 bits per heavy atom. The molecule has 0 bridgehead atoms. The van der Waals surface area contributed by atoms with Crippen LogP contribution in [0.3, 0.4) is 0 Å². The summed E-state index contributed by atoms with van der Waals surface area (Å²) in [6.45, 7) is 3.25. The Labute approximate surface area is 168 Å². The van der Waals surface area contributed by atoms with Gasteiger partial charge in [-0.1, -0.05) is 11.6 Å². The smallest absolute Gasteiger partial charge is 0.337 e. The predicted molar refractivity (Wildman–Crippen MR) is 111 cm³/mol. The summed E-state index contributed by atoms with van der Waals surface area (Å²) in [5.74, 6) is -1.10. The van der Waals surface area contributed by atoms with Gasteiger partial charge in [-0.05, 0) is 55.3 Å². The topological polar surface area (TPSA) is 72.9 Å². The molecule has 1 saturated heterocycles. The summed E-state index contributed by atoms with van der Waals surface area (Å²) in [6.07, 6.45) is 1.76. The summed E-state index contributed by atoms with van der Waals surface area (Å²) in [7, 11) is 0.